The van der Waals surface area contributed by atoms with Crippen molar-refractivity contribution in [1.29, 1.82) is 0 Å². The van der Waals surface area contributed by atoms with Crippen LogP contribution in [0, 0.1) is 5.41 Å². The Balaban J connectivity index is 1.67. The van der Waals surface area contributed by atoms with Crippen LogP contribution in [-0.4, -0.2) is 39.6 Å². The van der Waals surface area contributed by atoms with Gasteiger partial charge in [0, 0.05) is 40.9 Å². The summed E-state index contributed by atoms with van der Waals surface area (Å²) in [6.45, 7) is 4.44. The number of nitrogens with zero attached hydrogens (tertiary/aromatic N) is 1. The molecule has 1 unspecified atom stereocenters. The minimum atomic E-state index is -0.652. The van der Waals surface area contributed by atoms with E-state index in [2.05, 4.69) is 24.5 Å². The van der Waals surface area contributed by atoms with E-state index in [0.29, 0.717) is 46.2 Å². The second kappa shape index (κ2) is 12.0. The van der Waals surface area contributed by atoms with Crippen molar-refractivity contribution in [2.75, 3.05) is 38.1 Å². The van der Waals surface area contributed by atoms with E-state index in [9.17, 15) is 9.59 Å². The Labute approximate surface area is 251 Å². The zero-order chi connectivity index (χ0) is 30.0. The Morgan fingerprint density at radius 2 is 1.64 bits per heavy atom. The lowest BCUT2D eigenvalue weighted by atomic mass is 9.73. The number of carbonyl (C=O) groups excluding carboxylic acids is 2. The summed E-state index contributed by atoms with van der Waals surface area (Å²) >= 11 is 6.34. The van der Waals surface area contributed by atoms with E-state index in [1.807, 2.05) is 53.4 Å². The predicted molar refractivity (Wildman–Crippen MR) is 165 cm³/mol. The molecule has 0 bridgehead atoms. The van der Waals surface area contributed by atoms with Gasteiger partial charge in [-0.2, -0.15) is 0 Å². The van der Waals surface area contributed by atoms with Crippen molar-refractivity contribution in [1.82, 2.24) is 5.32 Å². The first kappa shape index (κ1) is 29.3. The molecule has 8 nitrogen and oxygen atoms in total. The van der Waals surface area contributed by atoms with Crippen LogP contribution in [0.1, 0.15) is 43.9 Å². The van der Waals surface area contributed by atoms with Crippen molar-refractivity contribution in [3.05, 3.63) is 88.1 Å². The number of nitrogens with one attached hydrogen (secondary N) is 2. The fourth-order valence-corrected chi connectivity index (χ4v) is 6.07. The maximum atomic E-state index is 14.1. The van der Waals surface area contributed by atoms with E-state index >= 15 is 0 Å². The summed E-state index contributed by atoms with van der Waals surface area (Å²) in [6.07, 6.45) is 1.05. The number of carbonyl (C=O) groups is 2. The number of rotatable bonds is 8. The van der Waals surface area contributed by atoms with E-state index in [1.54, 1.807) is 33.5 Å². The van der Waals surface area contributed by atoms with Gasteiger partial charge in [-0.25, -0.2) is 0 Å². The molecule has 0 aromatic heterocycles. The number of fused-ring (bicyclic) bond motifs is 1. The van der Waals surface area contributed by atoms with Crippen LogP contribution in [0.2, 0.25) is 5.02 Å². The number of amides is 1. The summed E-state index contributed by atoms with van der Waals surface area (Å²) < 4.78 is 17.1. The first-order chi connectivity index (χ1) is 20.2. The van der Waals surface area contributed by atoms with Gasteiger partial charge in [0.05, 0.1) is 45.3 Å². The molecular weight excluding hydrogens is 554 g/mol. The molecule has 0 saturated carbocycles. The maximum absolute atomic E-state index is 14.1. The summed E-state index contributed by atoms with van der Waals surface area (Å²) in [5.74, 6) is 1.31. The number of ether oxygens (including phenoxy) is 3. The molecule has 3 aromatic carbocycles. The Bertz CT molecular complexity index is 1550. The summed E-state index contributed by atoms with van der Waals surface area (Å²) in [5.41, 5.74) is 4.32. The molecule has 1 atom stereocenters. The van der Waals surface area contributed by atoms with Crippen molar-refractivity contribution in [2.24, 2.45) is 5.41 Å². The standard InChI is InChI=1S/C33H36ClN3O5/c1-33(2)16-24-31(26(38)17-33)32(21-14-28(41-4)29(42-5)15-27(21)40-3)37(25-13-9-8-12-23(25)36-24)19-30(39)35-18-20-10-6-7-11-22(20)34/h6-15,32,36H,16-19H2,1-5H3,(H,35,39). The van der Waals surface area contributed by atoms with Crippen LogP contribution in [0.3, 0.4) is 0 Å². The van der Waals surface area contributed by atoms with Gasteiger partial charge >= 0.3 is 0 Å². The molecule has 0 fully saturated rings. The lowest BCUT2D eigenvalue weighted by molar-refractivity contribution is -0.121. The average molecular weight is 590 g/mol. The van der Waals surface area contributed by atoms with E-state index in [-0.39, 0.29) is 30.2 Å². The highest BCUT2D eigenvalue weighted by atomic mass is 35.5. The van der Waals surface area contributed by atoms with Gasteiger partial charge in [0.15, 0.2) is 17.3 Å². The molecule has 1 heterocycles. The fraction of sp³-hybridized carbons (Fsp3) is 0.333. The van der Waals surface area contributed by atoms with Crippen molar-refractivity contribution in [3.63, 3.8) is 0 Å². The Kier molecular flexibility index (Phi) is 8.36. The molecule has 2 aliphatic rings. The highest BCUT2D eigenvalue weighted by Crippen LogP contribution is 2.51. The van der Waals surface area contributed by atoms with E-state index in [4.69, 9.17) is 25.8 Å². The molecule has 2 N–H and O–H groups in total. The number of hydrogen-bond donors (Lipinski definition) is 2. The van der Waals surface area contributed by atoms with Gasteiger partial charge in [-0.15, -0.1) is 0 Å². The van der Waals surface area contributed by atoms with Gasteiger partial charge in [-0.05, 0) is 41.7 Å². The van der Waals surface area contributed by atoms with Crippen LogP contribution in [0.15, 0.2) is 71.9 Å². The van der Waals surface area contributed by atoms with E-state index in [1.165, 1.54) is 0 Å². The van der Waals surface area contributed by atoms with Crippen molar-refractivity contribution in [2.45, 2.75) is 39.3 Å². The SMILES string of the molecule is COc1cc(OC)c(C2C3=C(CC(C)(C)CC3=O)Nc3ccccc3N2CC(=O)NCc2ccccc2Cl)cc1OC. The summed E-state index contributed by atoms with van der Waals surface area (Å²) in [7, 11) is 4.71. The van der Waals surface area contributed by atoms with Gasteiger partial charge in [0.2, 0.25) is 5.91 Å². The number of ketones is 1. The van der Waals surface area contributed by atoms with Crippen LogP contribution < -0.4 is 29.7 Å². The highest BCUT2D eigenvalue weighted by Gasteiger charge is 2.43. The van der Waals surface area contributed by atoms with Gasteiger partial charge in [0.25, 0.3) is 0 Å². The number of anilines is 2. The molecule has 220 valence electrons. The first-order valence-electron chi connectivity index (χ1n) is 13.8. The maximum Gasteiger partial charge on any atom is 0.239 e. The summed E-state index contributed by atoms with van der Waals surface area (Å²) in [5, 5.41) is 7.17. The Morgan fingerprint density at radius 1 is 0.976 bits per heavy atom. The largest absolute Gasteiger partial charge is 0.496 e. The van der Waals surface area contributed by atoms with Gasteiger partial charge < -0.3 is 29.7 Å². The molecule has 1 aliphatic heterocycles. The zero-order valence-electron chi connectivity index (χ0n) is 24.5. The monoisotopic (exact) mass is 589 g/mol. The third-order valence-corrected chi connectivity index (χ3v) is 8.15. The average Bonchev–Trinajstić information content (AvgIpc) is 3.09. The minimum Gasteiger partial charge on any atom is -0.496 e. The molecule has 42 heavy (non-hydrogen) atoms. The number of halogens is 1. The van der Waals surface area contributed by atoms with Crippen molar-refractivity contribution < 1.29 is 23.8 Å². The minimum absolute atomic E-state index is 0.0184. The number of Topliss-reactive ketones (excluding diaryl/α,β-unsaturated/α-hetero) is 1. The topological polar surface area (TPSA) is 89.1 Å². The van der Waals surface area contributed by atoms with Gasteiger partial charge in [-0.1, -0.05) is 55.8 Å². The lowest BCUT2D eigenvalue weighted by Gasteiger charge is -2.38. The quantitative estimate of drug-likeness (QED) is 0.319. The second-order valence-electron chi connectivity index (χ2n) is 11.3. The molecule has 0 spiro atoms. The first-order valence-corrected chi connectivity index (χ1v) is 14.2. The molecule has 1 aliphatic carbocycles. The number of para-hydroxylation sites is 2. The van der Waals surface area contributed by atoms with Crippen molar-refractivity contribution in [3.8, 4) is 17.2 Å². The number of methoxy groups -OCH3 is 3. The molecular formula is C33H36ClN3O5. The third-order valence-electron chi connectivity index (χ3n) is 7.78. The highest BCUT2D eigenvalue weighted by molar-refractivity contribution is 6.31. The molecule has 5 rings (SSSR count). The van der Waals surface area contributed by atoms with E-state index < -0.39 is 6.04 Å². The normalized spacial score (nSPS) is 17.4. The smallest absolute Gasteiger partial charge is 0.239 e. The summed E-state index contributed by atoms with van der Waals surface area (Å²) in [6, 6.07) is 18.1. The molecule has 1 amide bonds. The van der Waals surface area contributed by atoms with Gasteiger partial charge in [0.1, 0.15) is 5.75 Å². The van der Waals surface area contributed by atoms with Crippen LogP contribution in [-0.2, 0) is 16.1 Å². The second-order valence-corrected chi connectivity index (χ2v) is 11.7. The molecule has 3 aromatic rings. The van der Waals surface area contributed by atoms with E-state index in [0.717, 1.165) is 22.6 Å². The van der Waals surface area contributed by atoms with Crippen LogP contribution in [0.5, 0.6) is 17.2 Å². The Hall–Kier alpha value is -4.17. The number of hydrogen-bond acceptors (Lipinski definition) is 7. The zero-order valence-corrected chi connectivity index (χ0v) is 25.3. The predicted octanol–water partition coefficient (Wildman–Crippen LogP) is 6.30. The fourth-order valence-electron chi connectivity index (χ4n) is 5.86. The number of allylic oxidation sites excluding steroid dienone is 1. The van der Waals surface area contributed by atoms with Crippen molar-refractivity contribution >= 4 is 34.7 Å². The van der Waals surface area contributed by atoms with Crippen LogP contribution in [0.4, 0.5) is 11.4 Å². The molecule has 0 radical (unpaired) electrons. The third kappa shape index (κ3) is 5.77. The molecule has 9 heteroatoms. The molecule has 0 saturated heterocycles. The number of benzene rings is 3. The summed E-state index contributed by atoms with van der Waals surface area (Å²) in [4.78, 5) is 29.6. The lowest BCUT2D eigenvalue weighted by Crippen LogP contribution is -2.42. The van der Waals surface area contributed by atoms with Crippen LogP contribution in [0.25, 0.3) is 0 Å². The van der Waals surface area contributed by atoms with Gasteiger partial charge in [-0.3, -0.25) is 9.59 Å². The van der Waals surface area contributed by atoms with Crippen LogP contribution >= 0.6 is 11.6 Å². The Morgan fingerprint density at radius 3 is 2.36 bits per heavy atom.